The number of amides is 1. The molecule has 1 amide bonds. The van der Waals surface area contributed by atoms with E-state index >= 15 is 0 Å². The fraction of sp³-hybridized carbons (Fsp3) is 0.417. The molecule has 0 N–H and O–H groups in total. The number of nitro groups is 1. The predicted molar refractivity (Wildman–Crippen MR) is 67.8 cm³/mol. The summed E-state index contributed by atoms with van der Waals surface area (Å²) in [5.41, 5.74) is 0.0926. The lowest BCUT2D eigenvalue weighted by atomic mass is 10.1. The van der Waals surface area contributed by atoms with E-state index in [2.05, 4.69) is 6.92 Å². The molecule has 0 bridgehead atoms. The van der Waals surface area contributed by atoms with Crippen LogP contribution < -0.4 is 0 Å². The molecule has 6 heteroatoms. The number of halogens is 1. The van der Waals surface area contributed by atoms with E-state index in [1.165, 1.54) is 18.2 Å². The zero-order valence-corrected chi connectivity index (χ0v) is 10.7. The predicted octanol–water partition coefficient (Wildman–Crippen LogP) is 2.73. The van der Waals surface area contributed by atoms with E-state index in [1.54, 1.807) is 4.90 Å². The van der Waals surface area contributed by atoms with Crippen molar-refractivity contribution < 1.29 is 9.72 Å². The van der Waals surface area contributed by atoms with E-state index in [0.717, 1.165) is 6.42 Å². The maximum atomic E-state index is 12.1. The summed E-state index contributed by atoms with van der Waals surface area (Å²) in [6, 6.07) is 4.17. The molecule has 1 fully saturated rings. The standard InChI is InChI=1S/C12H13ClN2O3/c1-8-4-5-14(7-8)12(16)9-2-3-10(13)11(6-9)15(17)18/h2-3,6,8H,4-5,7H2,1H3. The van der Waals surface area contributed by atoms with Gasteiger partial charge in [-0.1, -0.05) is 18.5 Å². The van der Waals surface area contributed by atoms with Crippen molar-refractivity contribution >= 4 is 23.2 Å². The summed E-state index contributed by atoms with van der Waals surface area (Å²) < 4.78 is 0. The molecule has 1 unspecified atom stereocenters. The van der Waals surface area contributed by atoms with Crippen LogP contribution in [0.4, 0.5) is 5.69 Å². The number of likely N-dealkylation sites (tertiary alicyclic amines) is 1. The van der Waals surface area contributed by atoms with Gasteiger partial charge in [0.15, 0.2) is 0 Å². The number of rotatable bonds is 2. The number of nitro benzene ring substituents is 1. The van der Waals surface area contributed by atoms with E-state index in [-0.39, 0.29) is 16.6 Å². The summed E-state index contributed by atoms with van der Waals surface area (Å²) in [5, 5.41) is 10.8. The van der Waals surface area contributed by atoms with Gasteiger partial charge >= 0.3 is 0 Å². The maximum absolute atomic E-state index is 12.1. The molecule has 0 saturated carbocycles. The van der Waals surface area contributed by atoms with Crippen LogP contribution in [0.3, 0.4) is 0 Å². The Hall–Kier alpha value is -1.62. The fourth-order valence-corrected chi connectivity index (χ4v) is 2.27. The molecular weight excluding hydrogens is 256 g/mol. The smallest absolute Gasteiger partial charge is 0.288 e. The monoisotopic (exact) mass is 268 g/mol. The average molecular weight is 269 g/mol. The molecule has 0 radical (unpaired) electrons. The van der Waals surface area contributed by atoms with Gasteiger partial charge in [-0.25, -0.2) is 0 Å². The highest BCUT2D eigenvalue weighted by Gasteiger charge is 2.25. The third-order valence-corrected chi connectivity index (χ3v) is 3.42. The molecule has 0 aliphatic carbocycles. The first-order valence-electron chi connectivity index (χ1n) is 5.72. The third-order valence-electron chi connectivity index (χ3n) is 3.10. The Bertz CT molecular complexity index is 504. The van der Waals surface area contributed by atoms with Crippen LogP contribution >= 0.6 is 11.6 Å². The molecular formula is C12H13ClN2O3. The second kappa shape index (κ2) is 4.94. The van der Waals surface area contributed by atoms with Gasteiger partial charge in [0.1, 0.15) is 5.02 Å². The molecule has 0 aromatic heterocycles. The second-order valence-corrected chi connectivity index (χ2v) is 4.98. The minimum absolute atomic E-state index is 0.0475. The number of carbonyl (C=O) groups excluding carboxylic acids is 1. The highest BCUT2D eigenvalue weighted by molar-refractivity contribution is 6.32. The SMILES string of the molecule is CC1CCN(C(=O)c2ccc(Cl)c([N+](=O)[O-])c2)C1. The Labute approximate surface area is 109 Å². The van der Waals surface area contributed by atoms with Gasteiger partial charge in [-0.05, 0) is 24.5 Å². The van der Waals surface area contributed by atoms with Crippen LogP contribution in [0.1, 0.15) is 23.7 Å². The summed E-state index contributed by atoms with van der Waals surface area (Å²) in [5.74, 6) is 0.315. The van der Waals surface area contributed by atoms with Crippen molar-refractivity contribution in [3.8, 4) is 0 Å². The van der Waals surface area contributed by atoms with Gasteiger partial charge in [0.25, 0.3) is 11.6 Å². The number of benzene rings is 1. The van der Waals surface area contributed by atoms with Crippen molar-refractivity contribution in [1.29, 1.82) is 0 Å². The van der Waals surface area contributed by atoms with E-state index in [1.807, 2.05) is 0 Å². The van der Waals surface area contributed by atoms with Gasteiger partial charge in [0.05, 0.1) is 4.92 Å². The van der Waals surface area contributed by atoms with Crippen molar-refractivity contribution in [2.24, 2.45) is 5.92 Å². The van der Waals surface area contributed by atoms with Gasteiger partial charge in [-0.2, -0.15) is 0 Å². The van der Waals surface area contributed by atoms with E-state index in [4.69, 9.17) is 11.6 Å². The first-order chi connectivity index (χ1) is 8.49. The van der Waals surface area contributed by atoms with Crippen molar-refractivity contribution in [3.05, 3.63) is 38.9 Å². The van der Waals surface area contributed by atoms with Gasteiger partial charge in [-0.15, -0.1) is 0 Å². The second-order valence-electron chi connectivity index (χ2n) is 4.57. The summed E-state index contributed by atoms with van der Waals surface area (Å²) >= 11 is 5.71. The third kappa shape index (κ3) is 2.46. The van der Waals surface area contributed by atoms with Crippen LogP contribution in [-0.4, -0.2) is 28.8 Å². The fourth-order valence-electron chi connectivity index (χ4n) is 2.09. The normalized spacial score (nSPS) is 19.0. The summed E-state index contributed by atoms with van der Waals surface area (Å²) in [7, 11) is 0. The summed E-state index contributed by atoms with van der Waals surface area (Å²) in [4.78, 5) is 24.0. The topological polar surface area (TPSA) is 63.5 Å². The molecule has 1 saturated heterocycles. The van der Waals surface area contributed by atoms with Gasteiger partial charge in [0, 0.05) is 24.7 Å². The summed E-state index contributed by atoms with van der Waals surface area (Å²) in [6.45, 7) is 3.49. The lowest BCUT2D eigenvalue weighted by Crippen LogP contribution is -2.28. The molecule has 1 aromatic carbocycles. The molecule has 1 heterocycles. The lowest BCUT2D eigenvalue weighted by molar-refractivity contribution is -0.384. The van der Waals surface area contributed by atoms with Crippen molar-refractivity contribution in [1.82, 2.24) is 4.90 Å². The quantitative estimate of drug-likeness (QED) is 0.612. The zero-order valence-electron chi connectivity index (χ0n) is 9.93. The van der Waals surface area contributed by atoms with Gasteiger partial charge < -0.3 is 4.90 Å². The molecule has 1 aliphatic rings. The number of hydrogen-bond acceptors (Lipinski definition) is 3. The van der Waals surface area contributed by atoms with E-state index in [0.29, 0.717) is 24.6 Å². The zero-order chi connectivity index (χ0) is 13.3. The van der Waals surface area contributed by atoms with Crippen LogP contribution in [0.5, 0.6) is 0 Å². The van der Waals surface area contributed by atoms with E-state index in [9.17, 15) is 14.9 Å². The van der Waals surface area contributed by atoms with Gasteiger partial charge in [0.2, 0.25) is 0 Å². The maximum Gasteiger partial charge on any atom is 0.288 e. The highest BCUT2D eigenvalue weighted by atomic mass is 35.5. The van der Waals surface area contributed by atoms with Crippen molar-refractivity contribution in [2.45, 2.75) is 13.3 Å². The van der Waals surface area contributed by atoms with Crippen LogP contribution in [0.25, 0.3) is 0 Å². The Kier molecular flexibility index (Phi) is 3.52. The molecule has 2 rings (SSSR count). The molecule has 1 aromatic rings. The molecule has 18 heavy (non-hydrogen) atoms. The number of carbonyl (C=O) groups is 1. The van der Waals surface area contributed by atoms with Crippen LogP contribution in [0, 0.1) is 16.0 Å². The summed E-state index contributed by atoms with van der Waals surface area (Å²) in [6.07, 6.45) is 0.974. The molecule has 0 spiro atoms. The molecule has 96 valence electrons. The van der Waals surface area contributed by atoms with E-state index < -0.39 is 4.92 Å². The average Bonchev–Trinajstić information content (AvgIpc) is 2.75. The first-order valence-corrected chi connectivity index (χ1v) is 6.10. The largest absolute Gasteiger partial charge is 0.338 e. The van der Waals surface area contributed by atoms with Crippen LogP contribution in [0.15, 0.2) is 18.2 Å². The first kappa shape index (κ1) is 12.8. The Balaban J connectivity index is 2.26. The van der Waals surface area contributed by atoms with Crippen LogP contribution in [0.2, 0.25) is 5.02 Å². The lowest BCUT2D eigenvalue weighted by Gasteiger charge is -2.15. The molecule has 1 atom stereocenters. The Morgan fingerprint density at radius 2 is 2.28 bits per heavy atom. The van der Waals surface area contributed by atoms with Crippen molar-refractivity contribution in [2.75, 3.05) is 13.1 Å². The molecule has 5 nitrogen and oxygen atoms in total. The Morgan fingerprint density at radius 3 is 2.83 bits per heavy atom. The number of hydrogen-bond donors (Lipinski definition) is 0. The minimum atomic E-state index is -0.578. The van der Waals surface area contributed by atoms with Gasteiger partial charge in [-0.3, -0.25) is 14.9 Å². The highest BCUT2D eigenvalue weighted by Crippen LogP contribution is 2.26. The number of nitrogens with zero attached hydrogens (tertiary/aromatic N) is 2. The van der Waals surface area contributed by atoms with Crippen LogP contribution in [-0.2, 0) is 0 Å². The molecule has 1 aliphatic heterocycles. The Morgan fingerprint density at radius 1 is 1.56 bits per heavy atom. The van der Waals surface area contributed by atoms with Crippen molar-refractivity contribution in [3.63, 3.8) is 0 Å². The minimum Gasteiger partial charge on any atom is -0.338 e.